The van der Waals surface area contributed by atoms with Crippen LogP contribution in [-0.2, 0) is 14.3 Å². The first kappa shape index (κ1) is 18.0. The Bertz CT molecular complexity index is 635. The fourth-order valence-corrected chi connectivity index (χ4v) is 2.88. The van der Waals surface area contributed by atoms with Crippen molar-refractivity contribution in [3.63, 3.8) is 0 Å². The topological polar surface area (TPSA) is 76.1 Å². The molecule has 6 heteroatoms. The number of carbonyl (C=O) groups excluding carboxylic acids is 2. The smallest absolute Gasteiger partial charge is 0.290 e. The highest BCUT2D eigenvalue weighted by atomic mass is 16.5. The van der Waals surface area contributed by atoms with Gasteiger partial charge in [0.1, 0.15) is 5.75 Å². The Morgan fingerprint density at radius 2 is 1.96 bits per heavy atom. The quantitative estimate of drug-likeness (QED) is 0.739. The molecular weight excluding hydrogens is 310 g/mol. The predicted molar refractivity (Wildman–Crippen MR) is 88.9 cm³/mol. The van der Waals surface area contributed by atoms with Gasteiger partial charge in [0.2, 0.25) is 0 Å². The molecule has 0 radical (unpaired) electrons. The molecule has 6 nitrogen and oxygen atoms in total. The zero-order chi connectivity index (χ0) is 17.7. The van der Waals surface area contributed by atoms with Gasteiger partial charge in [-0.25, -0.2) is 0 Å². The Kier molecular flexibility index (Phi) is 5.98. The van der Waals surface area contributed by atoms with E-state index in [-0.39, 0.29) is 11.4 Å². The van der Waals surface area contributed by atoms with Gasteiger partial charge in [-0.2, -0.15) is 0 Å². The minimum atomic E-state index is -0.581. The molecule has 0 saturated carbocycles. The summed E-state index contributed by atoms with van der Waals surface area (Å²) in [6.45, 7) is 4.71. The van der Waals surface area contributed by atoms with Gasteiger partial charge in [-0.05, 0) is 38.0 Å². The second-order valence-electron chi connectivity index (χ2n) is 5.57. The van der Waals surface area contributed by atoms with Crippen LogP contribution in [0.4, 0.5) is 0 Å². The highest BCUT2D eigenvalue weighted by molar-refractivity contribution is 6.08. The zero-order valence-corrected chi connectivity index (χ0v) is 14.2. The SMILES string of the molecule is CCOc1ccc([C@H]2C(C(C)=O)=C(O)C(=O)N2CCCOC)cc1. The number of Topliss-reactive ketones (excluding diaryl/α,β-unsaturated/α-hetero) is 1. The van der Waals surface area contributed by atoms with Crippen LogP contribution < -0.4 is 4.74 Å². The van der Waals surface area contributed by atoms with Crippen molar-refractivity contribution in [2.75, 3.05) is 26.9 Å². The van der Waals surface area contributed by atoms with Gasteiger partial charge >= 0.3 is 0 Å². The Morgan fingerprint density at radius 1 is 1.29 bits per heavy atom. The van der Waals surface area contributed by atoms with Crippen molar-refractivity contribution < 1.29 is 24.2 Å². The van der Waals surface area contributed by atoms with Gasteiger partial charge in [-0.15, -0.1) is 0 Å². The lowest BCUT2D eigenvalue weighted by atomic mass is 9.96. The molecule has 0 saturated heterocycles. The number of ether oxygens (including phenoxy) is 2. The van der Waals surface area contributed by atoms with E-state index in [0.717, 1.165) is 5.56 Å². The third-order valence-electron chi connectivity index (χ3n) is 3.94. The molecule has 1 N–H and O–H groups in total. The van der Waals surface area contributed by atoms with Crippen LogP contribution in [0.25, 0.3) is 0 Å². The van der Waals surface area contributed by atoms with Crippen LogP contribution in [0.3, 0.4) is 0 Å². The van der Waals surface area contributed by atoms with E-state index >= 15 is 0 Å². The third kappa shape index (κ3) is 3.59. The molecule has 0 fully saturated rings. The van der Waals surface area contributed by atoms with Gasteiger partial charge in [0.05, 0.1) is 18.2 Å². The van der Waals surface area contributed by atoms with Crippen molar-refractivity contribution in [3.05, 3.63) is 41.2 Å². The summed E-state index contributed by atoms with van der Waals surface area (Å²) in [6.07, 6.45) is 0.619. The average Bonchev–Trinajstić information content (AvgIpc) is 2.81. The summed E-state index contributed by atoms with van der Waals surface area (Å²) in [5, 5.41) is 10.1. The van der Waals surface area contributed by atoms with Crippen molar-refractivity contribution >= 4 is 11.7 Å². The molecule has 1 atom stereocenters. The number of nitrogens with zero attached hydrogens (tertiary/aromatic N) is 1. The first-order chi connectivity index (χ1) is 11.5. The molecule has 24 heavy (non-hydrogen) atoms. The van der Waals surface area contributed by atoms with Crippen molar-refractivity contribution in [2.24, 2.45) is 0 Å². The Balaban J connectivity index is 2.35. The summed E-state index contributed by atoms with van der Waals surface area (Å²) in [6, 6.07) is 6.64. The number of hydrogen-bond donors (Lipinski definition) is 1. The average molecular weight is 333 g/mol. The van der Waals surface area contributed by atoms with Crippen LogP contribution in [0.15, 0.2) is 35.6 Å². The number of amides is 1. The zero-order valence-electron chi connectivity index (χ0n) is 14.2. The molecule has 2 rings (SSSR count). The Labute approximate surface area is 141 Å². The van der Waals surface area contributed by atoms with E-state index in [2.05, 4.69) is 0 Å². The minimum absolute atomic E-state index is 0.140. The maximum absolute atomic E-state index is 12.4. The van der Waals surface area contributed by atoms with Crippen LogP contribution >= 0.6 is 0 Å². The molecule has 0 bridgehead atoms. The molecular formula is C18H23NO5. The maximum Gasteiger partial charge on any atom is 0.290 e. The summed E-state index contributed by atoms with van der Waals surface area (Å²) in [4.78, 5) is 25.9. The van der Waals surface area contributed by atoms with Gasteiger partial charge in [0, 0.05) is 20.3 Å². The first-order valence-corrected chi connectivity index (χ1v) is 7.98. The molecule has 1 aliphatic rings. The van der Waals surface area contributed by atoms with Gasteiger partial charge < -0.3 is 19.5 Å². The largest absolute Gasteiger partial charge is 0.503 e. The molecule has 0 aliphatic carbocycles. The number of aliphatic hydroxyl groups excluding tert-OH is 1. The minimum Gasteiger partial charge on any atom is -0.503 e. The van der Waals surface area contributed by atoms with Gasteiger partial charge in [0.25, 0.3) is 5.91 Å². The molecule has 1 aromatic carbocycles. The third-order valence-corrected chi connectivity index (χ3v) is 3.94. The van der Waals surface area contributed by atoms with Crippen LogP contribution in [0.2, 0.25) is 0 Å². The molecule has 1 amide bonds. The van der Waals surface area contributed by atoms with E-state index in [9.17, 15) is 14.7 Å². The molecule has 0 unspecified atom stereocenters. The highest BCUT2D eigenvalue weighted by Crippen LogP contribution is 2.38. The van der Waals surface area contributed by atoms with Gasteiger partial charge in [0.15, 0.2) is 11.5 Å². The monoisotopic (exact) mass is 333 g/mol. The number of hydrogen-bond acceptors (Lipinski definition) is 5. The van der Waals surface area contributed by atoms with E-state index in [1.807, 2.05) is 19.1 Å². The standard InChI is InChI=1S/C18H23NO5/c1-4-24-14-8-6-13(7-9-14)16-15(12(2)20)17(21)18(22)19(16)10-5-11-23-3/h6-9,16,21H,4-5,10-11H2,1-3H3/t16-/m0/s1. The number of ketones is 1. The van der Waals surface area contributed by atoms with Crippen LogP contribution in [0.5, 0.6) is 5.75 Å². The predicted octanol–water partition coefficient (Wildman–Crippen LogP) is 2.41. The van der Waals surface area contributed by atoms with Crippen LogP contribution in [0.1, 0.15) is 31.9 Å². The van der Waals surface area contributed by atoms with E-state index in [0.29, 0.717) is 31.9 Å². The Hall–Kier alpha value is -2.34. The number of methoxy groups -OCH3 is 1. The molecule has 130 valence electrons. The molecule has 1 heterocycles. The van der Waals surface area contributed by atoms with Gasteiger partial charge in [-0.1, -0.05) is 12.1 Å². The lowest BCUT2D eigenvalue weighted by Crippen LogP contribution is -2.32. The molecule has 1 aromatic rings. The number of carbonyl (C=O) groups is 2. The summed E-state index contributed by atoms with van der Waals surface area (Å²) in [7, 11) is 1.59. The van der Waals surface area contributed by atoms with E-state index in [4.69, 9.17) is 9.47 Å². The summed E-state index contributed by atoms with van der Waals surface area (Å²) in [5.41, 5.74) is 0.903. The number of rotatable bonds is 8. The van der Waals surface area contributed by atoms with Crippen LogP contribution in [0, 0.1) is 0 Å². The Morgan fingerprint density at radius 3 is 2.50 bits per heavy atom. The van der Waals surface area contributed by atoms with Crippen molar-refractivity contribution in [1.29, 1.82) is 0 Å². The molecule has 1 aliphatic heterocycles. The van der Waals surface area contributed by atoms with Crippen LogP contribution in [-0.4, -0.2) is 48.6 Å². The van der Waals surface area contributed by atoms with E-state index in [1.165, 1.54) is 11.8 Å². The lowest BCUT2D eigenvalue weighted by Gasteiger charge is -2.26. The highest BCUT2D eigenvalue weighted by Gasteiger charge is 2.41. The summed E-state index contributed by atoms with van der Waals surface area (Å²) in [5.74, 6) is -0.572. The summed E-state index contributed by atoms with van der Waals surface area (Å²) < 4.78 is 10.4. The van der Waals surface area contributed by atoms with E-state index < -0.39 is 17.7 Å². The second-order valence-corrected chi connectivity index (χ2v) is 5.57. The second kappa shape index (κ2) is 7.97. The number of aliphatic hydroxyl groups is 1. The van der Waals surface area contributed by atoms with Crippen molar-refractivity contribution in [2.45, 2.75) is 26.3 Å². The summed E-state index contributed by atoms with van der Waals surface area (Å²) >= 11 is 0. The fraction of sp³-hybridized carbons (Fsp3) is 0.444. The molecule has 0 spiro atoms. The first-order valence-electron chi connectivity index (χ1n) is 7.98. The lowest BCUT2D eigenvalue weighted by molar-refractivity contribution is -0.129. The molecule has 0 aromatic heterocycles. The fourth-order valence-electron chi connectivity index (χ4n) is 2.88. The van der Waals surface area contributed by atoms with E-state index in [1.54, 1.807) is 19.2 Å². The van der Waals surface area contributed by atoms with Gasteiger partial charge in [-0.3, -0.25) is 9.59 Å². The maximum atomic E-state index is 12.4. The van der Waals surface area contributed by atoms with Crippen molar-refractivity contribution in [3.8, 4) is 5.75 Å². The normalized spacial score (nSPS) is 17.5. The van der Waals surface area contributed by atoms with Crippen molar-refractivity contribution in [1.82, 2.24) is 4.90 Å². The number of benzene rings is 1.